The number of ether oxygens (including phenoxy) is 2. The van der Waals surface area contributed by atoms with Crippen LogP contribution in [0.4, 0.5) is 22.0 Å². The van der Waals surface area contributed by atoms with Crippen molar-refractivity contribution < 1.29 is 41.0 Å². The minimum absolute atomic E-state index is 0.0595. The molecule has 13 heteroatoms. The van der Waals surface area contributed by atoms with Crippen LogP contribution in [0.1, 0.15) is 23.0 Å². The lowest BCUT2D eigenvalue weighted by Gasteiger charge is -2.17. The third-order valence-corrected chi connectivity index (χ3v) is 6.61. The Balaban J connectivity index is 2.09. The summed E-state index contributed by atoms with van der Waals surface area (Å²) in [6.07, 6.45) is -5.74. The Hall–Kier alpha value is -2.31. The van der Waals surface area contributed by atoms with E-state index in [1.165, 1.54) is 38.5 Å². The van der Waals surface area contributed by atoms with Crippen molar-refractivity contribution in [1.82, 2.24) is 4.57 Å². The van der Waals surface area contributed by atoms with Gasteiger partial charge in [-0.05, 0) is 36.9 Å². The first-order valence-corrected chi connectivity index (χ1v) is 10.7. The molecular formula is C19H13ClF5NO4S2. The van der Waals surface area contributed by atoms with Gasteiger partial charge >= 0.3 is 17.4 Å². The number of hydrogen-bond acceptors (Lipinski definition) is 6. The number of hydrogen-bond donors (Lipinski definition) is 0. The molecular weight excluding hydrogens is 501 g/mol. The van der Waals surface area contributed by atoms with Crippen LogP contribution < -0.4 is 9.47 Å². The molecule has 0 saturated heterocycles. The Morgan fingerprint density at radius 2 is 1.81 bits per heavy atom. The summed E-state index contributed by atoms with van der Waals surface area (Å²) in [6.45, 7) is 2.65. The number of thiophene rings is 1. The number of carbonyl (C=O) groups excluding carboxylic acids is 2. The zero-order valence-corrected chi connectivity index (χ0v) is 18.9. The van der Waals surface area contributed by atoms with Gasteiger partial charge in [-0.1, -0.05) is 11.6 Å². The Labute approximate surface area is 191 Å². The first-order valence-electron chi connectivity index (χ1n) is 8.60. The fraction of sp³-hybridized carbons (Fsp3) is 0.263. The van der Waals surface area contributed by atoms with E-state index in [4.69, 9.17) is 21.1 Å². The second-order valence-corrected chi connectivity index (χ2v) is 9.16. The monoisotopic (exact) mass is 513 g/mol. The molecule has 3 rings (SSSR count). The van der Waals surface area contributed by atoms with Gasteiger partial charge in [-0.2, -0.15) is 22.0 Å². The topological polar surface area (TPSA) is 57.5 Å². The van der Waals surface area contributed by atoms with Crippen molar-refractivity contribution in [3.8, 4) is 11.5 Å². The Morgan fingerprint density at radius 1 is 1.16 bits per heavy atom. The van der Waals surface area contributed by atoms with Crippen LogP contribution >= 0.6 is 34.7 Å². The minimum Gasteiger partial charge on any atom is -0.495 e. The van der Waals surface area contributed by atoms with E-state index in [0.29, 0.717) is 16.7 Å². The van der Waals surface area contributed by atoms with Crippen LogP contribution in [0.25, 0.3) is 10.9 Å². The number of benzene rings is 1. The maximum atomic E-state index is 13.3. The van der Waals surface area contributed by atoms with Gasteiger partial charge in [0, 0.05) is 17.7 Å². The summed E-state index contributed by atoms with van der Waals surface area (Å²) in [5, 5.41) is -3.38. The fourth-order valence-electron chi connectivity index (χ4n) is 2.87. The number of alkyl halides is 5. The number of methoxy groups -OCH3 is 1. The highest BCUT2D eigenvalue weighted by Crippen LogP contribution is 2.49. The van der Waals surface area contributed by atoms with Gasteiger partial charge in [-0.3, -0.25) is 14.2 Å². The van der Waals surface area contributed by atoms with E-state index in [1.54, 1.807) is 0 Å². The second kappa shape index (κ2) is 8.56. The van der Waals surface area contributed by atoms with Gasteiger partial charge in [0.05, 0.1) is 33.1 Å². The lowest BCUT2D eigenvalue weighted by atomic mass is 10.2. The van der Waals surface area contributed by atoms with Gasteiger partial charge in [0.2, 0.25) is 0 Å². The lowest BCUT2D eigenvalue weighted by molar-refractivity contribution is -0.237. The number of carbonyl (C=O) groups is 2. The summed E-state index contributed by atoms with van der Waals surface area (Å²) in [5.41, 5.74) is 0.304. The van der Waals surface area contributed by atoms with Gasteiger partial charge in [-0.15, -0.1) is 11.3 Å². The zero-order chi connectivity index (χ0) is 24.0. The predicted octanol–water partition coefficient (Wildman–Crippen LogP) is 6.53. The molecule has 5 nitrogen and oxygen atoms in total. The molecule has 32 heavy (non-hydrogen) atoms. The molecule has 0 saturated carbocycles. The minimum atomic E-state index is -5.74. The summed E-state index contributed by atoms with van der Waals surface area (Å²) in [7, 11) is 1.37. The summed E-state index contributed by atoms with van der Waals surface area (Å²) in [5.74, 6) is -1.08. The Morgan fingerprint density at radius 3 is 2.38 bits per heavy atom. The van der Waals surface area contributed by atoms with Crippen LogP contribution in [-0.4, -0.2) is 35.0 Å². The fourth-order valence-corrected chi connectivity index (χ4v) is 4.92. The molecule has 0 aliphatic rings. The average Bonchev–Trinajstić information content (AvgIpc) is 3.22. The van der Waals surface area contributed by atoms with E-state index in [0.717, 1.165) is 10.6 Å². The van der Waals surface area contributed by atoms with E-state index in [-0.39, 0.29) is 33.3 Å². The molecule has 0 radical (unpaired) electrons. The van der Waals surface area contributed by atoms with Crippen molar-refractivity contribution in [2.75, 3.05) is 7.11 Å². The standard InChI is InChI=1S/C19H13ClF5NO4S2/c1-8-16(30-9(2)27)11-5-14(29-3)12(20)6-13(11)26(8)17(28)10-4-15(31-7-10)32-19(24,25)18(21,22)23/h4-7H,1-3H3. The van der Waals surface area contributed by atoms with Crippen molar-refractivity contribution in [2.45, 2.75) is 29.5 Å². The predicted molar refractivity (Wildman–Crippen MR) is 110 cm³/mol. The van der Waals surface area contributed by atoms with Crippen LogP contribution in [0.2, 0.25) is 5.02 Å². The van der Waals surface area contributed by atoms with Crippen molar-refractivity contribution in [2.24, 2.45) is 0 Å². The van der Waals surface area contributed by atoms with Gasteiger partial charge in [0.1, 0.15) is 5.75 Å². The van der Waals surface area contributed by atoms with Crippen molar-refractivity contribution in [1.29, 1.82) is 0 Å². The highest BCUT2D eigenvalue weighted by molar-refractivity contribution is 8.02. The quantitative estimate of drug-likeness (QED) is 0.220. The SMILES string of the molecule is COc1cc2c(OC(C)=O)c(C)n(C(=O)c3csc(SC(F)(F)C(F)(F)F)c3)c2cc1Cl. The molecule has 0 amide bonds. The first-order chi connectivity index (χ1) is 14.8. The van der Waals surface area contributed by atoms with E-state index < -0.39 is 39.3 Å². The smallest absolute Gasteiger partial charge is 0.464 e. The summed E-state index contributed by atoms with van der Waals surface area (Å²) in [6, 6.07) is 3.80. The zero-order valence-electron chi connectivity index (χ0n) is 16.5. The van der Waals surface area contributed by atoms with Crippen LogP contribution in [0, 0.1) is 6.92 Å². The van der Waals surface area contributed by atoms with E-state index in [1.807, 2.05) is 0 Å². The van der Waals surface area contributed by atoms with Gasteiger partial charge < -0.3 is 9.47 Å². The van der Waals surface area contributed by atoms with Crippen molar-refractivity contribution in [3.63, 3.8) is 0 Å². The van der Waals surface area contributed by atoms with Crippen LogP contribution in [0.3, 0.4) is 0 Å². The molecule has 0 aliphatic carbocycles. The Bertz CT molecular complexity index is 1220. The van der Waals surface area contributed by atoms with E-state index in [9.17, 15) is 31.5 Å². The Kier molecular flexibility index (Phi) is 6.51. The molecule has 0 atom stereocenters. The maximum absolute atomic E-state index is 13.3. The molecule has 0 aliphatic heterocycles. The van der Waals surface area contributed by atoms with Crippen LogP contribution in [0.5, 0.6) is 11.5 Å². The van der Waals surface area contributed by atoms with Gasteiger partial charge in [-0.25, -0.2) is 0 Å². The molecule has 0 N–H and O–H groups in total. The lowest BCUT2D eigenvalue weighted by Crippen LogP contribution is -2.32. The maximum Gasteiger partial charge on any atom is 0.464 e. The van der Waals surface area contributed by atoms with E-state index in [2.05, 4.69) is 0 Å². The number of nitrogens with zero attached hydrogens (tertiary/aromatic N) is 1. The summed E-state index contributed by atoms with van der Waals surface area (Å²) >= 11 is 6.04. The molecule has 0 unspecified atom stereocenters. The highest BCUT2D eigenvalue weighted by Gasteiger charge is 2.58. The molecule has 0 bridgehead atoms. The van der Waals surface area contributed by atoms with Crippen LogP contribution in [-0.2, 0) is 4.79 Å². The molecule has 1 aromatic carbocycles. The number of esters is 1. The summed E-state index contributed by atoms with van der Waals surface area (Å²) in [4.78, 5) is 24.7. The van der Waals surface area contributed by atoms with E-state index >= 15 is 0 Å². The number of fused-ring (bicyclic) bond motifs is 1. The second-order valence-electron chi connectivity index (χ2n) is 6.42. The first kappa shape index (κ1) is 24.3. The average molecular weight is 514 g/mol. The molecule has 3 aromatic rings. The number of halogens is 6. The number of thioether (sulfide) groups is 1. The molecule has 2 heterocycles. The summed E-state index contributed by atoms with van der Waals surface area (Å²) < 4.78 is 75.3. The van der Waals surface area contributed by atoms with Gasteiger partial charge in [0.25, 0.3) is 5.91 Å². The van der Waals surface area contributed by atoms with Crippen molar-refractivity contribution >= 4 is 57.5 Å². The normalized spacial score (nSPS) is 12.3. The number of aromatic nitrogens is 1. The molecule has 2 aromatic heterocycles. The molecule has 0 fully saturated rings. The van der Waals surface area contributed by atoms with Crippen molar-refractivity contribution in [3.05, 3.63) is 39.9 Å². The molecule has 172 valence electrons. The molecule has 0 spiro atoms. The largest absolute Gasteiger partial charge is 0.495 e. The van der Waals surface area contributed by atoms with Crippen LogP contribution in [0.15, 0.2) is 27.8 Å². The van der Waals surface area contributed by atoms with Gasteiger partial charge in [0.15, 0.2) is 5.75 Å². The highest BCUT2D eigenvalue weighted by atomic mass is 35.5. The number of rotatable bonds is 5. The third-order valence-electron chi connectivity index (χ3n) is 4.25. The third kappa shape index (κ3) is 4.44.